The first-order valence-electron chi connectivity index (χ1n) is 6.20. The SMILES string of the molecule is CCc1noc(C(C)Sc2nc3ccccc3[nH]2)n1. The van der Waals surface area contributed by atoms with Crippen LogP contribution in [0.3, 0.4) is 0 Å². The second-order valence-corrected chi connectivity index (χ2v) is 5.55. The summed E-state index contributed by atoms with van der Waals surface area (Å²) in [6.07, 6.45) is 0.783. The van der Waals surface area contributed by atoms with E-state index in [4.69, 9.17) is 4.52 Å². The van der Waals surface area contributed by atoms with Crippen LogP contribution in [0.5, 0.6) is 0 Å². The van der Waals surface area contributed by atoms with E-state index in [1.54, 1.807) is 11.8 Å². The van der Waals surface area contributed by atoms with Gasteiger partial charge in [-0.25, -0.2) is 4.98 Å². The molecular weight excluding hydrogens is 260 g/mol. The quantitative estimate of drug-likeness (QED) is 0.739. The number of fused-ring (bicyclic) bond motifs is 1. The number of rotatable bonds is 4. The molecule has 0 aliphatic carbocycles. The highest BCUT2D eigenvalue weighted by atomic mass is 32.2. The van der Waals surface area contributed by atoms with E-state index in [9.17, 15) is 0 Å². The minimum atomic E-state index is 0.0772. The lowest BCUT2D eigenvalue weighted by Gasteiger charge is -2.02. The summed E-state index contributed by atoms with van der Waals surface area (Å²) in [5.41, 5.74) is 2.01. The Morgan fingerprint density at radius 3 is 2.89 bits per heavy atom. The van der Waals surface area contributed by atoms with E-state index in [1.165, 1.54) is 0 Å². The van der Waals surface area contributed by atoms with Gasteiger partial charge in [0, 0.05) is 6.42 Å². The zero-order valence-electron chi connectivity index (χ0n) is 10.8. The third kappa shape index (κ3) is 2.49. The van der Waals surface area contributed by atoms with Gasteiger partial charge in [0.25, 0.3) is 0 Å². The molecule has 1 aromatic carbocycles. The van der Waals surface area contributed by atoms with E-state index in [-0.39, 0.29) is 5.25 Å². The lowest BCUT2D eigenvalue weighted by molar-refractivity contribution is 0.375. The molecule has 3 rings (SSSR count). The van der Waals surface area contributed by atoms with E-state index >= 15 is 0 Å². The number of H-pyrrole nitrogens is 1. The lowest BCUT2D eigenvalue weighted by atomic mass is 10.3. The lowest BCUT2D eigenvalue weighted by Crippen LogP contribution is -1.90. The van der Waals surface area contributed by atoms with Crippen molar-refractivity contribution >= 4 is 22.8 Å². The van der Waals surface area contributed by atoms with E-state index in [1.807, 2.05) is 38.1 Å². The highest BCUT2D eigenvalue weighted by molar-refractivity contribution is 7.99. The first-order chi connectivity index (χ1) is 9.26. The van der Waals surface area contributed by atoms with Crippen LogP contribution in [0.2, 0.25) is 0 Å². The number of aromatic nitrogens is 4. The molecule has 0 saturated carbocycles. The van der Waals surface area contributed by atoms with Gasteiger partial charge in [0.15, 0.2) is 11.0 Å². The summed E-state index contributed by atoms with van der Waals surface area (Å²) in [5.74, 6) is 1.38. The Balaban J connectivity index is 1.80. The number of thioether (sulfide) groups is 1. The van der Waals surface area contributed by atoms with Gasteiger partial charge in [-0.15, -0.1) is 0 Å². The molecule has 1 atom stereocenters. The minimum Gasteiger partial charge on any atom is -0.338 e. The van der Waals surface area contributed by atoms with Gasteiger partial charge >= 0.3 is 0 Å². The van der Waals surface area contributed by atoms with Crippen molar-refractivity contribution in [3.8, 4) is 0 Å². The first kappa shape index (κ1) is 12.2. The molecule has 19 heavy (non-hydrogen) atoms. The van der Waals surface area contributed by atoms with E-state index in [0.29, 0.717) is 5.89 Å². The molecule has 0 amide bonds. The van der Waals surface area contributed by atoms with Gasteiger partial charge < -0.3 is 9.51 Å². The van der Waals surface area contributed by atoms with Gasteiger partial charge in [0.2, 0.25) is 5.89 Å². The number of hydrogen-bond donors (Lipinski definition) is 1. The highest BCUT2D eigenvalue weighted by Crippen LogP contribution is 2.33. The summed E-state index contributed by atoms with van der Waals surface area (Å²) in [5, 5.41) is 4.85. The Hall–Kier alpha value is -1.82. The fraction of sp³-hybridized carbons (Fsp3) is 0.308. The molecule has 0 bridgehead atoms. The Kier molecular flexibility index (Phi) is 3.25. The van der Waals surface area contributed by atoms with Crippen LogP contribution in [-0.4, -0.2) is 20.1 Å². The van der Waals surface area contributed by atoms with Gasteiger partial charge in [0.05, 0.1) is 16.3 Å². The fourth-order valence-electron chi connectivity index (χ4n) is 1.78. The van der Waals surface area contributed by atoms with Gasteiger partial charge in [-0.1, -0.05) is 36.0 Å². The number of imidazole rings is 1. The van der Waals surface area contributed by atoms with Crippen molar-refractivity contribution < 1.29 is 4.52 Å². The smallest absolute Gasteiger partial charge is 0.239 e. The fourth-order valence-corrected chi connectivity index (χ4v) is 2.63. The average Bonchev–Trinajstić information content (AvgIpc) is 3.04. The van der Waals surface area contributed by atoms with Crippen LogP contribution < -0.4 is 0 Å². The van der Waals surface area contributed by atoms with Crippen LogP contribution in [-0.2, 0) is 6.42 Å². The summed E-state index contributed by atoms with van der Waals surface area (Å²) in [6.45, 7) is 4.04. The second kappa shape index (κ2) is 5.05. The third-order valence-electron chi connectivity index (χ3n) is 2.80. The molecule has 1 unspecified atom stereocenters. The average molecular weight is 274 g/mol. The molecule has 0 aliphatic rings. The predicted molar refractivity (Wildman–Crippen MR) is 74.0 cm³/mol. The minimum absolute atomic E-state index is 0.0772. The molecule has 0 fully saturated rings. The zero-order chi connectivity index (χ0) is 13.2. The first-order valence-corrected chi connectivity index (χ1v) is 7.08. The topological polar surface area (TPSA) is 67.6 Å². The van der Waals surface area contributed by atoms with Gasteiger partial charge in [0.1, 0.15) is 0 Å². The maximum absolute atomic E-state index is 5.24. The Morgan fingerprint density at radius 1 is 1.32 bits per heavy atom. The van der Waals surface area contributed by atoms with Gasteiger partial charge in [-0.3, -0.25) is 0 Å². The molecule has 1 N–H and O–H groups in total. The van der Waals surface area contributed by atoms with Crippen LogP contribution in [0.25, 0.3) is 11.0 Å². The molecule has 0 radical (unpaired) electrons. The standard InChI is InChI=1S/C13H14N4OS/c1-3-11-16-12(18-17-11)8(2)19-13-14-9-6-4-5-7-10(9)15-13/h4-8H,3H2,1-2H3,(H,14,15). The summed E-state index contributed by atoms with van der Waals surface area (Å²) >= 11 is 1.58. The van der Waals surface area contributed by atoms with Crippen LogP contribution in [0, 0.1) is 0 Å². The van der Waals surface area contributed by atoms with Crippen LogP contribution in [0.15, 0.2) is 33.9 Å². The molecule has 0 saturated heterocycles. The van der Waals surface area contributed by atoms with Crippen LogP contribution in [0.4, 0.5) is 0 Å². The normalized spacial score (nSPS) is 12.9. The Labute approximate surface area is 114 Å². The van der Waals surface area contributed by atoms with Crippen molar-refractivity contribution in [3.63, 3.8) is 0 Å². The van der Waals surface area contributed by atoms with Crippen LogP contribution >= 0.6 is 11.8 Å². The number of nitrogens with one attached hydrogen (secondary N) is 1. The second-order valence-electron chi connectivity index (χ2n) is 4.22. The van der Waals surface area contributed by atoms with Crippen molar-refractivity contribution in [3.05, 3.63) is 36.0 Å². The van der Waals surface area contributed by atoms with Gasteiger partial charge in [-0.2, -0.15) is 4.98 Å². The highest BCUT2D eigenvalue weighted by Gasteiger charge is 2.16. The Morgan fingerprint density at radius 2 is 2.16 bits per heavy atom. The molecule has 2 heterocycles. The number of para-hydroxylation sites is 2. The van der Waals surface area contributed by atoms with Crippen molar-refractivity contribution in [2.45, 2.75) is 30.7 Å². The molecule has 0 spiro atoms. The molecular formula is C13H14N4OS. The molecule has 5 nitrogen and oxygen atoms in total. The maximum atomic E-state index is 5.24. The molecule has 6 heteroatoms. The number of benzene rings is 1. The molecule has 2 aromatic heterocycles. The number of aromatic amines is 1. The summed E-state index contributed by atoms with van der Waals surface area (Å²) < 4.78 is 5.24. The van der Waals surface area contributed by atoms with E-state index in [0.717, 1.165) is 28.4 Å². The zero-order valence-corrected chi connectivity index (χ0v) is 11.6. The van der Waals surface area contributed by atoms with Crippen molar-refractivity contribution in [1.82, 2.24) is 20.1 Å². The summed E-state index contributed by atoms with van der Waals surface area (Å²) in [4.78, 5) is 12.1. The van der Waals surface area contributed by atoms with Crippen molar-refractivity contribution in [2.24, 2.45) is 0 Å². The van der Waals surface area contributed by atoms with Crippen molar-refractivity contribution in [1.29, 1.82) is 0 Å². The van der Waals surface area contributed by atoms with E-state index < -0.39 is 0 Å². The van der Waals surface area contributed by atoms with Crippen LogP contribution in [0.1, 0.15) is 30.8 Å². The largest absolute Gasteiger partial charge is 0.338 e. The molecule has 3 aromatic rings. The molecule has 0 aliphatic heterocycles. The maximum Gasteiger partial charge on any atom is 0.239 e. The molecule has 98 valence electrons. The van der Waals surface area contributed by atoms with Gasteiger partial charge in [-0.05, 0) is 19.1 Å². The third-order valence-corrected chi connectivity index (χ3v) is 3.78. The monoisotopic (exact) mass is 274 g/mol. The number of aryl methyl sites for hydroxylation is 1. The summed E-state index contributed by atoms with van der Waals surface area (Å²) in [7, 11) is 0. The number of nitrogens with zero attached hydrogens (tertiary/aromatic N) is 3. The predicted octanol–water partition coefficient (Wildman–Crippen LogP) is 3.36. The van der Waals surface area contributed by atoms with Crippen molar-refractivity contribution in [2.75, 3.05) is 0 Å². The number of hydrogen-bond acceptors (Lipinski definition) is 5. The Bertz CT molecular complexity index is 658. The van der Waals surface area contributed by atoms with E-state index in [2.05, 4.69) is 20.1 Å². The summed E-state index contributed by atoms with van der Waals surface area (Å²) in [6, 6.07) is 7.97.